The zero-order valence-corrected chi connectivity index (χ0v) is 23.2. The lowest BCUT2D eigenvalue weighted by molar-refractivity contribution is -0.269. The van der Waals surface area contributed by atoms with Gasteiger partial charge in [0.15, 0.2) is 0 Å². The molecule has 0 aromatic carbocycles. The van der Waals surface area contributed by atoms with Crippen molar-refractivity contribution in [3.63, 3.8) is 0 Å². The van der Waals surface area contributed by atoms with E-state index in [1.54, 1.807) is 0 Å². The van der Waals surface area contributed by atoms with E-state index in [9.17, 15) is 15.0 Å². The maximum atomic E-state index is 12.4. The second kappa shape index (κ2) is 9.89. The Hall–Kier alpha value is -0.260. The number of aliphatic hydroxyl groups is 2. The van der Waals surface area contributed by atoms with Crippen LogP contribution in [0.3, 0.4) is 0 Å². The summed E-state index contributed by atoms with van der Waals surface area (Å²) in [6.07, 6.45) is 10.5. The van der Waals surface area contributed by atoms with Gasteiger partial charge in [-0.1, -0.05) is 53.9 Å². The third-order valence-electron chi connectivity index (χ3n) is 11.4. The molecule has 0 radical (unpaired) electrons. The Labute approximate surface area is 213 Å². The van der Waals surface area contributed by atoms with Gasteiger partial charge in [0.1, 0.15) is 11.7 Å². The van der Waals surface area contributed by atoms with E-state index in [2.05, 4.69) is 47.2 Å². The maximum Gasteiger partial charge on any atom is 0.316 e. The molecule has 34 heavy (non-hydrogen) atoms. The van der Waals surface area contributed by atoms with Crippen molar-refractivity contribution in [1.82, 2.24) is 0 Å². The van der Waals surface area contributed by atoms with Gasteiger partial charge in [0.25, 0.3) is 0 Å². The first-order chi connectivity index (χ1) is 16.0. The molecule has 3 unspecified atom stereocenters. The highest BCUT2D eigenvalue weighted by Gasteiger charge is 2.68. The summed E-state index contributed by atoms with van der Waals surface area (Å²) in [6.45, 7) is 11.9. The first-order valence-corrected chi connectivity index (χ1v) is 14.8. The Morgan fingerprint density at radius 3 is 2.47 bits per heavy atom. The van der Waals surface area contributed by atoms with Gasteiger partial charge in [-0.25, -0.2) is 0 Å². The molecule has 0 amide bonds. The molecule has 0 aromatic rings. The molecule has 2 N–H and O–H groups in total. The molecule has 4 nitrogen and oxygen atoms in total. The molecule has 0 bridgehead atoms. The van der Waals surface area contributed by atoms with E-state index >= 15 is 0 Å². The van der Waals surface area contributed by atoms with Gasteiger partial charge in [0.05, 0.1) is 11.9 Å². The van der Waals surface area contributed by atoms with E-state index < -0.39 is 17.8 Å². The van der Waals surface area contributed by atoms with Crippen molar-refractivity contribution in [3.8, 4) is 0 Å². The van der Waals surface area contributed by atoms with E-state index in [1.165, 1.54) is 38.5 Å². The van der Waals surface area contributed by atoms with Crippen LogP contribution < -0.4 is 0 Å². The van der Waals surface area contributed by atoms with Crippen LogP contribution in [-0.4, -0.2) is 39.7 Å². The van der Waals surface area contributed by atoms with E-state index in [4.69, 9.17) is 4.74 Å². The number of aliphatic hydroxyl groups excluding tert-OH is 1. The van der Waals surface area contributed by atoms with Gasteiger partial charge in [-0.2, -0.15) is 12.6 Å². The fourth-order valence-electron chi connectivity index (χ4n) is 9.60. The molecule has 10 atom stereocenters. The third-order valence-corrected chi connectivity index (χ3v) is 11.7. The summed E-state index contributed by atoms with van der Waals surface area (Å²) in [6, 6.07) is 0. The lowest BCUT2D eigenvalue weighted by atomic mass is 9.42. The number of thiol groups is 1. The average molecular weight is 495 g/mol. The molecular formula is C29H50O4S. The number of ether oxygens (including phenoxy) is 1. The van der Waals surface area contributed by atoms with Gasteiger partial charge in [-0.3, -0.25) is 4.79 Å². The van der Waals surface area contributed by atoms with Gasteiger partial charge in [-0.15, -0.1) is 0 Å². The van der Waals surface area contributed by atoms with Crippen molar-refractivity contribution < 1.29 is 19.7 Å². The summed E-state index contributed by atoms with van der Waals surface area (Å²) in [5.74, 6) is 3.52. The quantitative estimate of drug-likeness (QED) is 0.298. The van der Waals surface area contributed by atoms with Crippen molar-refractivity contribution >= 4 is 18.6 Å². The molecule has 4 aliphatic carbocycles. The van der Waals surface area contributed by atoms with Crippen molar-refractivity contribution in [2.24, 2.45) is 46.3 Å². The minimum absolute atomic E-state index is 0.0249. The highest BCUT2D eigenvalue weighted by atomic mass is 32.1. The molecule has 4 saturated carbocycles. The SMILES string of the molecule is CC(C)CCC[C@@H](C)[C@H]1CC[C@H]2[C@@H]3CC(OC(=O)CS)C4(O)CC(O)CC[C@]4(C)[C@H]3CC[C@]12C. The van der Waals surface area contributed by atoms with E-state index in [-0.39, 0.29) is 17.1 Å². The Bertz CT molecular complexity index is 742. The minimum atomic E-state index is -1.15. The third kappa shape index (κ3) is 4.38. The predicted octanol–water partition coefficient (Wildman–Crippen LogP) is 6.04. The molecule has 0 spiro atoms. The van der Waals surface area contributed by atoms with E-state index in [0.717, 1.165) is 43.4 Å². The Morgan fingerprint density at radius 1 is 1.06 bits per heavy atom. The minimum Gasteiger partial charge on any atom is -0.459 e. The van der Waals surface area contributed by atoms with Crippen LogP contribution in [0.5, 0.6) is 0 Å². The highest BCUT2D eigenvalue weighted by Crippen LogP contribution is 2.69. The van der Waals surface area contributed by atoms with Crippen LogP contribution in [0.25, 0.3) is 0 Å². The lowest BCUT2D eigenvalue weighted by Crippen LogP contribution is -2.69. The van der Waals surface area contributed by atoms with Crippen molar-refractivity contribution in [2.45, 2.75) is 123 Å². The molecule has 0 aromatic heterocycles. The second-order valence-corrected chi connectivity index (χ2v) is 13.8. The first kappa shape index (κ1) is 26.8. The summed E-state index contributed by atoms with van der Waals surface area (Å²) in [5, 5.41) is 22.6. The molecule has 0 saturated heterocycles. The number of esters is 1. The fourth-order valence-corrected chi connectivity index (χ4v) is 9.67. The topological polar surface area (TPSA) is 66.8 Å². The van der Waals surface area contributed by atoms with Crippen LogP contribution in [0.1, 0.15) is 105 Å². The van der Waals surface area contributed by atoms with Gasteiger partial charge < -0.3 is 14.9 Å². The van der Waals surface area contributed by atoms with E-state index in [1.807, 2.05) is 0 Å². The zero-order chi connectivity index (χ0) is 24.9. The molecule has 0 heterocycles. The fraction of sp³-hybridized carbons (Fsp3) is 0.966. The van der Waals surface area contributed by atoms with Crippen LogP contribution in [0.2, 0.25) is 0 Å². The van der Waals surface area contributed by atoms with Gasteiger partial charge in [0.2, 0.25) is 0 Å². The average Bonchev–Trinajstić information content (AvgIpc) is 3.12. The molecular weight excluding hydrogens is 444 g/mol. The normalized spacial score (nSPS) is 47.0. The Kier molecular flexibility index (Phi) is 7.80. The molecule has 4 aliphatic rings. The number of carbonyl (C=O) groups is 1. The van der Waals surface area contributed by atoms with Gasteiger partial charge in [-0.05, 0) is 85.9 Å². The zero-order valence-electron chi connectivity index (χ0n) is 22.3. The standard InChI is InChI=1S/C29H50O4S/c1-18(2)7-6-8-19(3)22-9-10-23-21-15-25(33-26(31)17-34)29(32)16-20(30)11-14-28(29,5)24(21)12-13-27(22,23)4/h18-25,30,32,34H,6-17H2,1-5H3/t19-,20?,21+,22-,23+,24+,25?,27-,28-,29?/m1/s1. The molecule has 4 fully saturated rings. The van der Waals surface area contributed by atoms with Gasteiger partial charge in [0, 0.05) is 11.8 Å². The van der Waals surface area contributed by atoms with Crippen LogP contribution in [0.15, 0.2) is 0 Å². The van der Waals surface area contributed by atoms with Gasteiger partial charge >= 0.3 is 5.97 Å². The molecule has 0 aliphatic heterocycles. The Balaban J connectivity index is 1.59. The van der Waals surface area contributed by atoms with Crippen LogP contribution in [0.4, 0.5) is 0 Å². The monoisotopic (exact) mass is 494 g/mol. The highest BCUT2D eigenvalue weighted by molar-refractivity contribution is 7.81. The summed E-state index contributed by atoms with van der Waals surface area (Å²) < 4.78 is 5.93. The number of hydrogen-bond acceptors (Lipinski definition) is 5. The smallest absolute Gasteiger partial charge is 0.316 e. The second-order valence-electron chi connectivity index (χ2n) is 13.5. The number of fused-ring (bicyclic) bond motifs is 5. The van der Waals surface area contributed by atoms with Crippen LogP contribution in [-0.2, 0) is 9.53 Å². The number of hydrogen-bond donors (Lipinski definition) is 3. The molecule has 4 rings (SSSR count). The van der Waals surface area contributed by atoms with Crippen molar-refractivity contribution in [3.05, 3.63) is 0 Å². The summed E-state index contributed by atoms with van der Waals surface area (Å²) >= 11 is 4.13. The van der Waals surface area contributed by atoms with Crippen molar-refractivity contribution in [2.75, 3.05) is 5.75 Å². The summed E-state index contributed by atoms with van der Waals surface area (Å²) in [7, 11) is 0. The largest absolute Gasteiger partial charge is 0.459 e. The predicted molar refractivity (Wildman–Crippen MR) is 140 cm³/mol. The lowest BCUT2D eigenvalue weighted by Gasteiger charge is -2.65. The van der Waals surface area contributed by atoms with Crippen LogP contribution >= 0.6 is 12.6 Å². The Morgan fingerprint density at radius 2 is 1.79 bits per heavy atom. The first-order valence-electron chi connectivity index (χ1n) is 14.2. The number of rotatable bonds is 7. The van der Waals surface area contributed by atoms with Crippen molar-refractivity contribution in [1.29, 1.82) is 0 Å². The maximum absolute atomic E-state index is 12.4. The molecule has 196 valence electrons. The van der Waals surface area contributed by atoms with E-state index in [0.29, 0.717) is 29.6 Å². The number of carbonyl (C=O) groups excluding carboxylic acids is 1. The summed E-state index contributed by atoms with van der Waals surface area (Å²) in [5.41, 5.74) is -1.13. The molecule has 5 heteroatoms. The summed E-state index contributed by atoms with van der Waals surface area (Å²) in [4.78, 5) is 12.4. The van der Waals surface area contributed by atoms with Crippen LogP contribution in [0, 0.1) is 46.3 Å².